The summed E-state index contributed by atoms with van der Waals surface area (Å²) in [5.41, 5.74) is -0.859. The lowest BCUT2D eigenvalue weighted by Crippen LogP contribution is -2.39. The van der Waals surface area contributed by atoms with Gasteiger partial charge >= 0.3 is 0 Å². The van der Waals surface area contributed by atoms with Crippen molar-refractivity contribution in [3.63, 3.8) is 0 Å². The van der Waals surface area contributed by atoms with E-state index in [0.717, 1.165) is 32.1 Å². The molecule has 2 atom stereocenters. The highest BCUT2D eigenvalue weighted by molar-refractivity contribution is 5.77. The lowest BCUT2D eigenvalue weighted by atomic mass is 9.89. The number of aliphatic hydroxyl groups is 2. The van der Waals surface area contributed by atoms with Gasteiger partial charge in [-0.15, -0.1) is 0 Å². The Morgan fingerprint density at radius 1 is 1.26 bits per heavy atom. The Hall–Kier alpha value is -0.610. The highest BCUT2D eigenvalue weighted by Gasteiger charge is 2.29. The molecular weight excluding hydrogens is 242 g/mol. The molecule has 2 unspecified atom stereocenters. The third-order valence-electron chi connectivity index (χ3n) is 4.10. The number of hydrogen-bond donors (Lipinski definition) is 3. The number of carbonyl (C=O) groups excluding carboxylic acids is 1. The number of carbonyl (C=O) groups is 1. The van der Waals surface area contributed by atoms with E-state index in [1.54, 1.807) is 0 Å². The Bertz CT molecular complexity index is 275. The summed E-state index contributed by atoms with van der Waals surface area (Å²) < 4.78 is 0. The van der Waals surface area contributed by atoms with Crippen molar-refractivity contribution in [2.45, 2.75) is 76.9 Å². The summed E-state index contributed by atoms with van der Waals surface area (Å²) in [4.78, 5) is 11.9. The van der Waals surface area contributed by atoms with Crippen LogP contribution in [0, 0.1) is 5.92 Å². The van der Waals surface area contributed by atoms with Gasteiger partial charge in [0.25, 0.3) is 0 Å². The van der Waals surface area contributed by atoms with Gasteiger partial charge in [-0.2, -0.15) is 0 Å². The first-order chi connectivity index (χ1) is 9.00. The van der Waals surface area contributed by atoms with Crippen molar-refractivity contribution in [2.24, 2.45) is 5.92 Å². The molecule has 0 aromatic rings. The lowest BCUT2D eigenvalue weighted by Gasteiger charge is -2.27. The molecule has 0 aromatic carbocycles. The summed E-state index contributed by atoms with van der Waals surface area (Å²) in [5.74, 6) is 0.0953. The molecule has 112 valence electrons. The van der Waals surface area contributed by atoms with Gasteiger partial charge in [0.1, 0.15) is 0 Å². The summed E-state index contributed by atoms with van der Waals surface area (Å²) in [5, 5.41) is 23.0. The topological polar surface area (TPSA) is 69.6 Å². The van der Waals surface area contributed by atoms with Gasteiger partial charge in [0.05, 0.1) is 18.1 Å². The maximum absolute atomic E-state index is 11.9. The van der Waals surface area contributed by atoms with Gasteiger partial charge in [-0.1, -0.05) is 33.1 Å². The smallest absolute Gasteiger partial charge is 0.222 e. The minimum absolute atomic E-state index is 0.0940. The normalized spacial score (nSPS) is 23.6. The van der Waals surface area contributed by atoms with Crippen LogP contribution in [0.5, 0.6) is 0 Å². The quantitative estimate of drug-likeness (QED) is 0.632. The Kier molecular flexibility index (Phi) is 6.80. The molecule has 0 bridgehead atoms. The average molecular weight is 271 g/mol. The predicted octanol–water partition coefficient (Wildman–Crippen LogP) is 1.98. The Labute approximate surface area is 116 Å². The van der Waals surface area contributed by atoms with E-state index in [0.29, 0.717) is 19.4 Å². The number of amides is 1. The maximum atomic E-state index is 11.9. The minimum Gasteiger partial charge on any atom is -0.393 e. The van der Waals surface area contributed by atoms with E-state index < -0.39 is 5.60 Å². The van der Waals surface area contributed by atoms with E-state index in [9.17, 15) is 15.0 Å². The third-order valence-corrected chi connectivity index (χ3v) is 4.10. The zero-order chi connectivity index (χ0) is 14.3. The van der Waals surface area contributed by atoms with E-state index in [2.05, 4.69) is 5.32 Å². The minimum atomic E-state index is -0.859. The zero-order valence-corrected chi connectivity index (χ0v) is 12.3. The summed E-state index contributed by atoms with van der Waals surface area (Å²) in [6, 6.07) is 0. The monoisotopic (exact) mass is 271 g/mol. The van der Waals surface area contributed by atoms with Crippen LogP contribution in [0.25, 0.3) is 0 Å². The largest absolute Gasteiger partial charge is 0.393 e. The molecule has 1 aliphatic rings. The molecule has 1 saturated carbocycles. The average Bonchev–Trinajstić information content (AvgIpc) is 2.72. The number of aliphatic hydroxyl groups excluding tert-OH is 1. The van der Waals surface area contributed by atoms with Crippen molar-refractivity contribution in [1.82, 2.24) is 5.32 Å². The van der Waals surface area contributed by atoms with Gasteiger partial charge in [0, 0.05) is 12.5 Å². The molecule has 0 radical (unpaired) electrons. The fraction of sp³-hybridized carbons (Fsp3) is 0.933. The van der Waals surface area contributed by atoms with Crippen LogP contribution >= 0.6 is 0 Å². The fourth-order valence-corrected chi connectivity index (χ4v) is 3.09. The van der Waals surface area contributed by atoms with Gasteiger partial charge < -0.3 is 15.5 Å². The molecule has 3 N–H and O–H groups in total. The molecule has 1 fully saturated rings. The third kappa shape index (κ3) is 5.49. The second kappa shape index (κ2) is 7.85. The van der Waals surface area contributed by atoms with E-state index in [1.165, 1.54) is 0 Å². The van der Waals surface area contributed by atoms with E-state index >= 15 is 0 Å². The van der Waals surface area contributed by atoms with Crippen LogP contribution in [0.1, 0.15) is 65.2 Å². The summed E-state index contributed by atoms with van der Waals surface area (Å²) in [7, 11) is 0. The van der Waals surface area contributed by atoms with Gasteiger partial charge in [-0.25, -0.2) is 0 Å². The molecule has 0 heterocycles. The SMILES string of the molecule is CCCC(O)(CCC)CC(=O)NCC1CCCC1O. The van der Waals surface area contributed by atoms with Crippen molar-refractivity contribution in [3.05, 3.63) is 0 Å². The van der Waals surface area contributed by atoms with Gasteiger partial charge in [-0.3, -0.25) is 4.79 Å². The molecule has 0 aliphatic heterocycles. The molecule has 1 aliphatic carbocycles. The molecule has 0 aromatic heterocycles. The molecule has 4 nitrogen and oxygen atoms in total. The van der Waals surface area contributed by atoms with Gasteiger partial charge in [0.2, 0.25) is 5.91 Å². The fourth-order valence-electron chi connectivity index (χ4n) is 3.09. The molecule has 0 spiro atoms. The van der Waals surface area contributed by atoms with Crippen LogP contribution < -0.4 is 5.32 Å². The first-order valence-corrected chi connectivity index (χ1v) is 7.68. The Morgan fingerprint density at radius 2 is 1.89 bits per heavy atom. The molecule has 4 heteroatoms. The summed E-state index contributed by atoms with van der Waals surface area (Å²) in [6.45, 7) is 4.58. The highest BCUT2D eigenvalue weighted by atomic mass is 16.3. The standard InChI is InChI=1S/C15H29NO3/c1-3-8-15(19,9-4-2)10-14(18)16-11-12-6-5-7-13(12)17/h12-13,17,19H,3-11H2,1-2H3,(H,16,18). The second-order valence-corrected chi connectivity index (χ2v) is 5.96. The summed E-state index contributed by atoms with van der Waals surface area (Å²) in [6.07, 6.45) is 5.86. The maximum Gasteiger partial charge on any atom is 0.222 e. The van der Waals surface area contributed by atoms with Crippen molar-refractivity contribution >= 4 is 5.91 Å². The van der Waals surface area contributed by atoms with E-state index in [-0.39, 0.29) is 24.3 Å². The van der Waals surface area contributed by atoms with E-state index in [4.69, 9.17) is 0 Å². The van der Waals surface area contributed by atoms with Crippen LogP contribution in [0.3, 0.4) is 0 Å². The van der Waals surface area contributed by atoms with Crippen molar-refractivity contribution < 1.29 is 15.0 Å². The van der Waals surface area contributed by atoms with Crippen molar-refractivity contribution in [3.8, 4) is 0 Å². The molecule has 0 saturated heterocycles. The molecular formula is C15H29NO3. The number of nitrogens with one attached hydrogen (secondary N) is 1. The van der Waals surface area contributed by atoms with E-state index in [1.807, 2.05) is 13.8 Å². The lowest BCUT2D eigenvalue weighted by molar-refractivity contribution is -0.127. The highest BCUT2D eigenvalue weighted by Crippen LogP contribution is 2.26. The predicted molar refractivity (Wildman–Crippen MR) is 75.7 cm³/mol. The first-order valence-electron chi connectivity index (χ1n) is 7.68. The van der Waals surface area contributed by atoms with Crippen molar-refractivity contribution in [1.29, 1.82) is 0 Å². The number of rotatable bonds is 8. The Balaban J connectivity index is 2.35. The van der Waals surface area contributed by atoms with Crippen LogP contribution in [-0.2, 0) is 4.79 Å². The second-order valence-electron chi connectivity index (χ2n) is 5.96. The van der Waals surface area contributed by atoms with Crippen LogP contribution in [0.2, 0.25) is 0 Å². The molecule has 19 heavy (non-hydrogen) atoms. The van der Waals surface area contributed by atoms with Crippen LogP contribution in [0.15, 0.2) is 0 Å². The number of hydrogen-bond acceptors (Lipinski definition) is 3. The zero-order valence-electron chi connectivity index (χ0n) is 12.3. The molecule has 1 rings (SSSR count). The van der Waals surface area contributed by atoms with Crippen LogP contribution in [-0.4, -0.2) is 34.4 Å². The first kappa shape index (κ1) is 16.4. The summed E-state index contributed by atoms with van der Waals surface area (Å²) >= 11 is 0. The van der Waals surface area contributed by atoms with Gasteiger partial charge in [0.15, 0.2) is 0 Å². The Morgan fingerprint density at radius 3 is 2.37 bits per heavy atom. The molecule has 1 amide bonds. The van der Waals surface area contributed by atoms with Crippen LogP contribution in [0.4, 0.5) is 0 Å². The van der Waals surface area contributed by atoms with Gasteiger partial charge in [-0.05, 0) is 25.7 Å². The van der Waals surface area contributed by atoms with Crippen molar-refractivity contribution in [2.75, 3.05) is 6.54 Å².